The summed E-state index contributed by atoms with van der Waals surface area (Å²) in [6.45, 7) is 0. The van der Waals surface area contributed by atoms with Crippen LogP contribution in [0.3, 0.4) is 0 Å². The van der Waals surface area contributed by atoms with Gasteiger partial charge in [0, 0.05) is 12.0 Å². The highest BCUT2D eigenvalue weighted by Crippen LogP contribution is 2.08. The summed E-state index contributed by atoms with van der Waals surface area (Å²) in [4.78, 5) is 21.2. The molecule has 0 unspecified atom stereocenters. The molecule has 4 heteroatoms. The van der Waals surface area contributed by atoms with Crippen LogP contribution < -0.4 is 0 Å². The molecule has 2 nitrogen and oxygen atoms in total. The van der Waals surface area contributed by atoms with E-state index < -0.39 is 10.5 Å². The van der Waals surface area contributed by atoms with E-state index in [2.05, 4.69) is 0 Å². The molecule has 0 heterocycles. The van der Waals surface area contributed by atoms with Gasteiger partial charge in [0.1, 0.15) is 0 Å². The molecule has 1 rings (SSSR count). The summed E-state index contributed by atoms with van der Waals surface area (Å²) in [6, 6.07) is 6.42. The SMILES string of the molecule is O=C(Cl)Cc1ccc(C(=O)Cl)cc1. The third-order valence-corrected chi connectivity index (χ3v) is 1.88. The first-order valence-electron chi connectivity index (χ1n) is 3.56. The number of hydrogen-bond donors (Lipinski definition) is 0. The molecule has 13 heavy (non-hydrogen) atoms. The largest absolute Gasteiger partial charge is 0.281 e. The molecule has 1 aromatic carbocycles. The van der Waals surface area contributed by atoms with Crippen LogP contribution in [-0.2, 0) is 11.2 Å². The van der Waals surface area contributed by atoms with Crippen LogP contribution in [0.25, 0.3) is 0 Å². The van der Waals surface area contributed by atoms with Crippen LogP contribution in [0.15, 0.2) is 24.3 Å². The Morgan fingerprint density at radius 3 is 2.00 bits per heavy atom. The molecule has 0 bridgehead atoms. The maximum Gasteiger partial charge on any atom is 0.252 e. The van der Waals surface area contributed by atoms with E-state index in [-0.39, 0.29) is 6.42 Å². The van der Waals surface area contributed by atoms with Crippen molar-refractivity contribution >= 4 is 33.7 Å². The van der Waals surface area contributed by atoms with Crippen molar-refractivity contribution in [2.75, 3.05) is 0 Å². The summed E-state index contributed by atoms with van der Waals surface area (Å²) >= 11 is 10.4. The molecule has 0 spiro atoms. The lowest BCUT2D eigenvalue weighted by atomic mass is 10.1. The fraction of sp³-hybridized carbons (Fsp3) is 0.111. The predicted molar refractivity (Wildman–Crippen MR) is 51.2 cm³/mol. The van der Waals surface area contributed by atoms with E-state index in [1.807, 2.05) is 0 Å². The van der Waals surface area contributed by atoms with Crippen LogP contribution in [0, 0.1) is 0 Å². The number of halogens is 2. The van der Waals surface area contributed by atoms with Gasteiger partial charge in [0.2, 0.25) is 5.24 Å². The summed E-state index contributed by atoms with van der Waals surface area (Å²) in [5.41, 5.74) is 1.18. The summed E-state index contributed by atoms with van der Waals surface area (Å²) in [5.74, 6) is 0. The van der Waals surface area contributed by atoms with E-state index in [9.17, 15) is 9.59 Å². The first kappa shape index (κ1) is 10.2. The van der Waals surface area contributed by atoms with Crippen LogP contribution in [-0.4, -0.2) is 10.5 Å². The van der Waals surface area contributed by atoms with Gasteiger partial charge in [-0.05, 0) is 40.9 Å². The Balaban J connectivity index is 2.81. The van der Waals surface area contributed by atoms with E-state index in [1.165, 1.54) is 0 Å². The maximum atomic E-state index is 10.7. The molecular formula is C9H6Cl2O2. The Kier molecular flexibility index (Phi) is 3.46. The van der Waals surface area contributed by atoms with Crippen LogP contribution in [0.1, 0.15) is 15.9 Å². The van der Waals surface area contributed by atoms with Crippen molar-refractivity contribution in [3.8, 4) is 0 Å². The highest BCUT2D eigenvalue weighted by Gasteiger charge is 2.02. The van der Waals surface area contributed by atoms with Gasteiger partial charge < -0.3 is 0 Å². The van der Waals surface area contributed by atoms with E-state index in [4.69, 9.17) is 23.2 Å². The molecule has 1 aromatic rings. The van der Waals surface area contributed by atoms with Gasteiger partial charge in [0.05, 0.1) is 0 Å². The average Bonchev–Trinajstić information content (AvgIpc) is 2.04. The van der Waals surface area contributed by atoms with Gasteiger partial charge in [-0.1, -0.05) is 12.1 Å². The van der Waals surface area contributed by atoms with Gasteiger partial charge in [-0.15, -0.1) is 0 Å². The van der Waals surface area contributed by atoms with E-state index in [1.54, 1.807) is 24.3 Å². The fourth-order valence-corrected chi connectivity index (χ4v) is 1.19. The zero-order valence-corrected chi connectivity index (χ0v) is 8.10. The molecule has 0 saturated carbocycles. The van der Waals surface area contributed by atoms with Crippen molar-refractivity contribution in [3.05, 3.63) is 35.4 Å². The lowest BCUT2D eigenvalue weighted by molar-refractivity contribution is -0.111. The smallest absolute Gasteiger partial charge is 0.252 e. The minimum absolute atomic E-state index is 0.165. The van der Waals surface area contributed by atoms with Gasteiger partial charge in [-0.2, -0.15) is 0 Å². The second-order valence-corrected chi connectivity index (χ2v) is 3.27. The summed E-state index contributed by atoms with van der Waals surface area (Å²) < 4.78 is 0. The lowest BCUT2D eigenvalue weighted by Crippen LogP contribution is -1.94. The number of carbonyl (C=O) groups excluding carboxylic acids is 2. The van der Waals surface area contributed by atoms with Crippen molar-refractivity contribution in [1.29, 1.82) is 0 Å². The molecule has 0 fully saturated rings. The maximum absolute atomic E-state index is 10.7. The first-order valence-corrected chi connectivity index (χ1v) is 4.32. The molecule has 0 aliphatic rings. The quantitative estimate of drug-likeness (QED) is 0.728. The second kappa shape index (κ2) is 4.40. The topological polar surface area (TPSA) is 34.1 Å². The summed E-state index contributed by atoms with van der Waals surface area (Å²) in [6.07, 6.45) is 0.165. The van der Waals surface area contributed by atoms with Gasteiger partial charge in [-0.3, -0.25) is 9.59 Å². The normalized spacial score (nSPS) is 9.69. The first-order chi connectivity index (χ1) is 6.09. The molecule has 68 valence electrons. The molecule has 0 aliphatic heterocycles. The fourth-order valence-electron chi connectivity index (χ4n) is 0.914. The minimum Gasteiger partial charge on any atom is -0.281 e. The molecule has 0 saturated heterocycles. The predicted octanol–water partition coefficient (Wildman–Crippen LogP) is 2.37. The average molecular weight is 217 g/mol. The Bertz CT molecular complexity index is 330. The summed E-state index contributed by atoms with van der Waals surface area (Å²) in [5, 5.41) is -0.936. The van der Waals surface area contributed by atoms with Crippen LogP contribution >= 0.6 is 23.2 Å². The van der Waals surface area contributed by atoms with E-state index in [0.717, 1.165) is 5.56 Å². The highest BCUT2D eigenvalue weighted by atomic mass is 35.5. The molecule has 0 aromatic heterocycles. The van der Waals surface area contributed by atoms with Crippen molar-refractivity contribution in [3.63, 3.8) is 0 Å². The van der Waals surface area contributed by atoms with Crippen molar-refractivity contribution in [2.24, 2.45) is 0 Å². The number of benzene rings is 1. The van der Waals surface area contributed by atoms with Gasteiger partial charge in [0.25, 0.3) is 5.24 Å². The zero-order chi connectivity index (χ0) is 9.84. The lowest BCUT2D eigenvalue weighted by Gasteiger charge is -1.97. The molecule has 0 amide bonds. The standard InChI is InChI=1S/C9H6Cl2O2/c10-8(12)5-6-1-3-7(4-2-6)9(11)13/h1-4H,5H2. The van der Waals surface area contributed by atoms with Crippen molar-refractivity contribution < 1.29 is 9.59 Å². The second-order valence-electron chi connectivity index (χ2n) is 2.50. The van der Waals surface area contributed by atoms with E-state index in [0.29, 0.717) is 5.56 Å². The highest BCUT2D eigenvalue weighted by molar-refractivity contribution is 6.67. The Hall–Kier alpha value is -0.860. The third-order valence-electron chi connectivity index (χ3n) is 1.52. The zero-order valence-electron chi connectivity index (χ0n) is 6.59. The van der Waals surface area contributed by atoms with Crippen LogP contribution in [0.2, 0.25) is 0 Å². The van der Waals surface area contributed by atoms with Gasteiger partial charge >= 0.3 is 0 Å². The van der Waals surface area contributed by atoms with Crippen molar-refractivity contribution in [1.82, 2.24) is 0 Å². The number of hydrogen-bond acceptors (Lipinski definition) is 2. The monoisotopic (exact) mass is 216 g/mol. The molecule has 0 aliphatic carbocycles. The molecule has 0 atom stereocenters. The molecule has 0 N–H and O–H groups in total. The minimum atomic E-state index is -0.510. The molecule has 0 radical (unpaired) electrons. The van der Waals surface area contributed by atoms with Gasteiger partial charge in [-0.25, -0.2) is 0 Å². The molecular weight excluding hydrogens is 211 g/mol. The Labute approximate surface area is 85.5 Å². The van der Waals surface area contributed by atoms with Crippen LogP contribution in [0.5, 0.6) is 0 Å². The third kappa shape index (κ3) is 3.17. The van der Waals surface area contributed by atoms with Gasteiger partial charge in [0.15, 0.2) is 0 Å². The van der Waals surface area contributed by atoms with E-state index >= 15 is 0 Å². The van der Waals surface area contributed by atoms with Crippen LogP contribution in [0.4, 0.5) is 0 Å². The number of rotatable bonds is 3. The summed E-state index contributed by atoms with van der Waals surface area (Å²) in [7, 11) is 0. The Morgan fingerprint density at radius 2 is 1.62 bits per heavy atom. The Morgan fingerprint density at radius 1 is 1.08 bits per heavy atom. The van der Waals surface area contributed by atoms with Crippen molar-refractivity contribution in [2.45, 2.75) is 6.42 Å². The number of carbonyl (C=O) groups is 2.